The largest absolute Gasteiger partial charge is 0.460 e. The molecule has 1 aliphatic rings. The Balaban J connectivity index is 2.39. The van der Waals surface area contributed by atoms with Gasteiger partial charge in [-0.05, 0) is 46.5 Å². The van der Waals surface area contributed by atoms with Gasteiger partial charge in [0.1, 0.15) is 12.3 Å². The van der Waals surface area contributed by atoms with E-state index in [0.29, 0.717) is 25.7 Å². The van der Waals surface area contributed by atoms with E-state index < -0.39 is 5.60 Å². The molecular weight excluding hydrogens is 234 g/mol. The van der Waals surface area contributed by atoms with Crippen molar-refractivity contribution in [3.05, 3.63) is 0 Å². The van der Waals surface area contributed by atoms with Crippen LogP contribution in [0.1, 0.15) is 46.5 Å². The first-order chi connectivity index (χ1) is 8.33. The molecule has 18 heavy (non-hydrogen) atoms. The molecule has 1 rings (SSSR count). The van der Waals surface area contributed by atoms with Crippen LogP contribution in [0, 0.1) is 11.8 Å². The Hall–Kier alpha value is -1.10. The first kappa shape index (κ1) is 15.0. The summed E-state index contributed by atoms with van der Waals surface area (Å²) in [7, 11) is 0. The first-order valence-corrected chi connectivity index (χ1v) is 6.43. The van der Waals surface area contributed by atoms with Crippen LogP contribution < -0.4 is 5.73 Å². The predicted octanol–water partition coefficient (Wildman–Crippen LogP) is 1.59. The molecule has 0 spiro atoms. The second kappa shape index (κ2) is 6.18. The summed E-state index contributed by atoms with van der Waals surface area (Å²) in [5, 5.41) is 0. The molecule has 0 aromatic heterocycles. The van der Waals surface area contributed by atoms with Crippen LogP contribution in [0.2, 0.25) is 0 Å². The van der Waals surface area contributed by atoms with Gasteiger partial charge in [-0.15, -0.1) is 0 Å². The van der Waals surface area contributed by atoms with Gasteiger partial charge in [-0.2, -0.15) is 0 Å². The average molecular weight is 257 g/mol. The molecule has 0 heterocycles. The smallest absolute Gasteiger partial charge is 0.310 e. The van der Waals surface area contributed by atoms with E-state index in [4.69, 9.17) is 15.2 Å². The molecule has 0 unspecified atom stereocenters. The highest BCUT2D eigenvalue weighted by Crippen LogP contribution is 2.31. The van der Waals surface area contributed by atoms with Crippen molar-refractivity contribution in [3.8, 4) is 0 Å². The van der Waals surface area contributed by atoms with Gasteiger partial charge in [0.05, 0.1) is 11.8 Å². The lowest BCUT2D eigenvalue weighted by Crippen LogP contribution is -2.33. The summed E-state index contributed by atoms with van der Waals surface area (Å²) in [4.78, 5) is 23.3. The van der Waals surface area contributed by atoms with E-state index in [1.165, 1.54) is 0 Å². The summed E-state index contributed by atoms with van der Waals surface area (Å²) in [6.07, 6.45) is 2.70. The molecule has 0 bridgehead atoms. The van der Waals surface area contributed by atoms with Crippen LogP contribution in [-0.2, 0) is 19.1 Å². The van der Waals surface area contributed by atoms with Crippen molar-refractivity contribution in [2.24, 2.45) is 17.6 Å². The number of carbonyl (C=O) groups excluding carboxylic acids is 2. The van der Waals surface area contributed by atoms with Crippen LogP contribution in [0.5, 0.6) is 0 Å². The van der Waals surface area contributed by atoms with Crippen molar-refractivity contribution in [2.75, 3.05) is 6.73 Å². The monoisotopic (exact) mass is 257 g/mol. The zero-order valence-electron chi connectivity index (χ0n) is 11.4. The average Bonchev–Trinajstić information content (AvgIpc) is 2.27. The fourth-order valence-electron chi connectivity index (χ4n) is 2.15. The fourth-order valence-corrected chi connectivity index (χ4v) is 2.15. The van der Waals surface area contributed by atoms with E-state index in [0.717, 1.165) is 0 Å². The zero-order valence-corrected chi connectivity index (χ0v) is 11.4. The van der Waals surface area contributed by atoms with E-state index >= 15 is 0 Å². The Labute approximate surface area is 108 Å². The lowest BCUT2D eigenvalue weighted by Gasteiger charge is -2.28. The minimum Gasteiger partial charge on any atom is -0.460 e. The predicted molar refractivity (Wildman–Crippen MR) is 66.4 cm³/mol. The van der Waals surface area contributed by atoms with Crippen molar-refractivity contribution >= 4 is 11.9 Å². The van der Waals surface area contributed by atoms with E-state index in [9.17, 15) is 9.59 Å². The van der Waals surface area contributed by atoms with Gasteiger partial charge in [0, 0.05) is 0 Å². The quantitative estimate of drug-likeness (QED) is 0.613. The number of rotatable bonds is 3. The van der Waals surface area contributed by atoms with Gasteiger partial charge in [-0.1, -0.05) is 0 Å². The number of ether oxygens (including phenoxy) is 2. The molecule has 0 radical (unpaired) electrons. The molecule has 104 valence electrons. The van der Waals surface area contributed by atoms with E-state index in [1.54, 1.807) is 0 Å². The lowest BCUT2D eigenvalue weighted by molar-refractivity contribution is -0.163. The second-order valence-electron chi connectivity index (χ2n) is 5.71. The van der Waals surface area contributed by atoms with Gasteiger partial charge in [0.15, 0.2) is 0 Å². The first-order valence-electron chi connectivity index (χ1n) is 6.43. The Bertz CT molecular complexity index is 301. The standard InChI is InChI=1S/C13H23NO4/c1-13(2,3)18-12(16)10-6-4-9(5-7-10)11(15)17-8-14/h9-10H,4-8,14H2,1-3H3. The molecule has 1 saturated carbocycles. The van der Waals surface area contributed by atoms with Crippen LogP contribution in [0.25, 0.3) is 0 Å². The molecule has 0 saturated heterocycles. The van der Waals surface area contributed by atoms with Crippen molar-refractivity contribution in [1.29, 1.82) is 0 Å². The Kier molecular flexibility index (Phi) is 5.14. The highest BCUT2D eigenvalue weighted by atomic mass is 16.6. The SMILES string of the molecule is CC(C)(C)OC(=O)C1CCC(C(=O)OCN)CC1. The Morgan fingerprint density at radius 2 is 1.50 bits per heavy atom. The summed E-state index contributed by atoms with van der Waals surface area (Å²) in [6, 6.07) is 0. The van der Waals surface area contributed by atoms with Crippen molar-refractivity contribution < 1.29 is 19.1 Å². The maximum absolute atomic E-state index is 11.9. The normalized spacial score (nSPS) is 24.4. The summed E-state index contributed by atoms with van der Waals surface area (Å²) in [6.45, 7) is 5.49. The van der Waals surface area contributed by atoms with Gasteiger partial charge in [-0.25, -0.2) is 0 Å². The van der Waals surface area contributed by atoms with Gasteiger partial charge in [0.25, 0.3) is 0 Å². The highest BCUT2D eigenvalue weighted by molar-refractivity contribution is 5.75. The van der Waals surface area contributed by atoms with Crippen LogP contribution in [0.3, 0.4) is 0 Å². The molecule has 0 aliphatic heterocycles. The molecule has 1 fully saturated rings. The van der Waals surface area contributed by atoms with E-state index in [2.05, 4.69) is 0 Å². The van der Waals surface area contributed by atoms with Crippen molar-refractivity contribution in [1.82, 2.24) is 0 Å². The topological polar surface area (TPSA) is 78.6 Å². The number of carbonyl (C=O) groups is 2. The highest BCUT2D eigenvalue weighted by Gasteiger charge is 2.32. The molecule has 0 aromatic carbocycles. The van der Waals surface area contributed by atoms with Crippen LogP contribution >= 0.6 is 0 Å². The van der Waals surface area contributed by atoms with Gasteiger partial charge >= 0.3 is 11.9 Å². The van der Waals surface area contributed by atoms with Crippen molar-refractivity contribution in [3.63, 3.8) is 0 Å². The minimum atomic E-state index is -0.452. The molecule has 1 aliphatic carbocycles. The third kappa shape index (κ3) is 4.64. The van der Waals surface area contributed by atoms with E-state index in [1.807, 2.05) is 20.8 Å². The maximum Gasteiger partial charge on any atom is 0.310 e. The summed E-state index contributed by atoms with van der Waals surface area (Å²) in [5.41, 5.74) is 4.71. The molecule has 0 aromatic rings. The molecule has 2 N–H and O–H groups in total. The van der Waals surface area contributed by atoms with E-state index in [-0.39, 0.29) is 30.5 Å². The number of hydrogen-bond donors (Lipinski definition) is 1. The zero-order chi connectivity index (χ0) is 13.8. The fraction of sp³-hybridized carbons (Fsp3) is 0.846. The second-order valence-corrected chi connectivity index (χ2v) is 5.71. The molecule has 0 atom stereocenters. The maximum atomic E-state index is 11.9. The summed E-state index contributed by atoms with van der Waals surface area (Å²) < 4.78 is 10.1. The van der Waals surface area contributed by atoms with Crippen LogP contribution in [0.15, 0.2) is 0 Å². The van der Waals surface area contributed by atoms with Gasteiger partial charge < -0.3 is 9.47 Å². The Morgan fingerprint density at radius 3 is 1.89 bits per heavy atom. The minimum absolute atomic E-state index is 0.0785. The molecular formula is C13H23NO4. The molecule has 0 amide bonds. The van der Waals surface area contributed by atoms with Crippen LogP contribution in [-0.4, -0.2) is 24.3 Å². The molecule has 5 heteroatoms. The lowest BCUT2D eigenvalue weighted by atomic mass is 9.82. The van der Waals surface area contributed by atoms with Crippen molar-refractivity contribution in [2.45, 2.75) is 52.1 Å². The number of nitrogens with two attached hydrogens (primary N) is 1. The molecule has 5 nitrogen and oxygen atoms in total. The number of hydrogen-bond acceptors (Lipinski definition) is 5. The third-order valence-electron chi connectivity index (χ3n) is 3.03. The van der Waals surface area contributed by atoms with Gasteiger partial charge in [-0.3, -0.25) is 15.3 Å². The summed E-state index contributed by atoms with van der Waals surface area (Å²) in [5.74, 6) is -0.619. The number of esters is 2. The van der Waals surface area contributed by atoms with Gasteiger partial charge in [0.2, 0.25) is 0 Å². The third-order valence-corrected chi connectivity index (χ3v) is 3.03. The summed E-state index contributed by atoms with van der Waals surface area (Å²) >= 11 is 0. The Morgan fingerprint density at radius 1 is 1.06 bits per heavy atom. The van der Waals surface area contributed by atoms with Crippen LogP contribution in [0.4, 0.5) is 0 Å².